The van der Waals surface area contributed by atoms with Crippen LogP contribution < -0.4 is 5.73 Å². The van der Waals surface area contributed by atoms with Gasteiger partial charge in [0.15, 0.2) is 5.78 Å². The molecule has 0 radical (unpaired) electrons. The molecule has 0 heterocycles. The first-order valence-electron chi connectivity index (χ1n) is 7.05. The Morgan fingerprint density at radius 1 is 1.14 bits per heavy atom. The molecule has 0 fully saturated rings. The van der Waals surface area contributed by atoms with Crippen molar-refractivity contribution in [3.05, 3.63) is 65.0 Å². The van der Waals surface area contributed by atoms with Gasteiger partial charge in [-0.3, -0.25) is 4.79 Å². The Kier molecular flexibility index (Phi) is 4.12. The summed E-state index contributed by atoms with van der Waals surface area (Å²) in [7, 11) is 0. The van der Waals surface area contributed by atoms with Gasteiger partial charge in [0.2, 0.25) is 0 Å². The molecule has 0 aliphatic heterocycles. The number of anilines is 1. The van der Waals surface area contributed by atoms with E-state index in [4.69, 9.17) is 5.73 Å². The third-order valence-electron chi connectivity index (χ3n) is 4.05. The van der Waals surface area contributed by atoms with E-state index < -0.39 is 5.82 Å². The summed E-state index contributed by atoms with van der Waals surface area (Å²) < 4.78 is 13.8. The average molecular weight is 285 g/mol. The van der Waals surface area contributed by atoms with Gasteiger partial charge < -0.3 is 5.73 Å². The van der Waals surface area contributed by atoms with E-state index in [0.29, 0.717) is 11.3 Å². The standard InChI is InChI=1S/C18H20FNO/c1-4-18(2,3)13-7-5-12(6-8-13)17(21)15-11-14(20)9-10-16(15)19/h5-11H,4,20H2,1-3H3. The molecule has 0 bridgehead atoms. The molecule has 21 heavy (non-hydrogen) atoms. The second-order valence-electron chi connectivity index (χ2n) is 5.88. The van der Waals surface area contributed by atoms with Gasteiger partial charge in [-0.2, -0.15) is 0 Å². The SMILES string of the molecule is CCC(C)(C)c1ccc(C(=O)c2cc(N)ccc2F)cc1. The topological polar surface area (TPSA) is 43.1 Å². The largest absolute Gasteiger partial charge is 0.399 e. The number of nitrogen functional groups attached to an aromatic ring is 1. The van der Waals surface area contributed by atoms with Gasteiger partial charge in [-0.25, -0.2) is 4.39 Å². The average Bonchev–Trinajstić information content (AvgIpc) is 2.49. The lowest BCUT2D eigenvalue weighted by Gasteiger charge is -2.23. The first-order valence-corrected chi connectivity index (χ1v) is 7.05. The number of hydrogen-bond donors (Lipinski definition) is 1. The van der Waals surface area contributed by atoms with Crippen molar-refractivity contribution in [2.75, 3.05) is 5.73 Å². The second-order valence-corrected chi connectivity index (χ2v) is 5.88. The summed E-state index contributed by atoms with van der Waals surface area (Å²) in [6.07, 6.45) is 1.00. The summed E-state index contributed by atoms with van der Waals surface area (Å²) in [5, 5.41) is 0. The van der Waals surface area contributed by atoms with E-state index in [9.17, 15) is 9.18 Å². The summed E-state index contributed by atoms with van der Waals surface area (Å²) in [6, 6.07) is 11.4. The van der Waals surface area contributed by atoms with Crippen LogP contribution in [0.5, 0.6) is 0 Å². The molecule has 0 saturated carbocycles. The lowest BCUT2D eigenvalue weighted by Crippen LogP contribution is -2.15. The molecule has 0 saturated heterocycles. The van der Waals surface area contributed by atoms with Crippen molar-refractivity contribution < 1.29 is 9.18 Å². The molecule has 2 aromatic carbocycles. The molecule has 2 nitrogen and oxygen atoms in total. The first kappa shape index (κ1) is 15.2. The highest BCUT2D eigenvalue weighted by Crippen LogP contribution is 2.27. The van der Waals surface area contributed by atoms with Crippen LogP contribution in [-0.2, 0) is 5.41 Å². The van der Waals surface area contributed by atoms with E-state index >= 15 is 0 Å². The summed E-state index contributed by atoms with van der Waals surface area (Å²) in [6.45, 7) is 6.43. The fourth-order valence-corrected chi connectivity index (χ4v) is 2.15. The zero-order chi connectivity index (χ0) is 15.6. The zero-order valence-corrected chi connectivity index (χ0v) is 12.6. The molecule has 3 heteroatoms. The third-order valence-corrected chi connectivity index (χ3v) is 4.05. The Morgan fingerprint density at radius 3 is 2.33 bits per heavy atom. The fraction of sp³-hybridized carbons (Fsp3) is 0.278. The van der Waals surface area contributed by atoms with E-state index in [1.54, 1.807) is 12.1 Å². The molecule has 0 atom stereocenters. The van der Waals surface area contributed by atoms with E-state index in [2.05, 4.69) is 20.8 Å². The van der Waals surface area contributed by atoms with Crippen LogP contribution in [0.2, 0.25) is 0 Å². The van der Waals surface area contributed by atoms with Crippen LogP contribution in [-0.4, -0.2) is 5.78 Å². The molecule has 0 spiro atoms. The van der Waals surface area contributed by atoms with Crippen LogP contribution in [0.1, 0.15) is 48.7 Å². The number of carbonyl (C=O) groups excluding carboxylic acids is 1. The maximum absolute atomic E-state index is 13.8. The van der Waals surface area contributed by atoms with Crippen molar-refractivity contribution in [1.82, 2.24) is 0 Å². The molecule has 0 amide bonds. The lowest BCUT2D eigenvalue weighted by atomic mass is 9.82. The maximum Gasteiger partial charge on any atom is 0.196 e. The molecular formula is C18H20FNO. The Hall–Kier alpha value is -2.16. The van der Waals surface area contributed by atoms with Crippen LogP contribution in [0.15, 0.2) is 42.5 Å². The number of halogens is 1. The Balaban J connectivity index is 2.35. The van der Waals surface area contributed by atoms with Crippen LogP contribution in [0.3, 0.4) is 0 Å². The van der Waals surface area contributed by atoms with Crippen molar-refractivity contribution in [2.45, 2.75) is 32.6 Å². The number of ketones is 1. The highest BCUT2D eigenvalue weighted by Gasteiger charge is 2.19. The number of nitrogens with two attached hydrogens (primary N) is 1. The minimum atomic E-state index is -0.549. The van der Waals surface area contributed by atoms with Crippen molar-refractivity contribution >= 4 is 11.5 Å². The van der Waals surface area contributed by atoms with Crippen molar-refractivity contribution in [1.29, 1.82) is 0 Å². The van der Waals surface area contributed by atoms with Crippen LogP contribution in [0, 0.1) is 5.82 Å². The Labute approximate surface area is 124 Å². The molecule has 0 aromatic heterocycles. The van der Waals surface area contributed by atoms with Gasteiger partial charge in [0.25, 0.3) is 0 Å². The highest BCUT2D eigenvalue weighted by atomic mass is 19.1. The molecule has 0 aliphatic carbocycles. The number of hydrogen-bond acceptors (Lipinski definition) is 2. The van der Waals surface area contributed by atoms with Crippen molar-refractivity contribution in [2.24, 2.45) is 0 Å². The number of carbonyl (C=O) groups is 1. The molecule has 0 aliphatic rings. The Morgan fingerprint density at radius 2 is 1.76 bits per heavy atom. The monoisotopic (exact) mass is 285 g/mol. The quantitative estimate of drug-likeness (QED) is 0.671. The third kappa shape index (κ3) is 3.13. The zero-order valence-electron chi connectivity index (χ0n) is 12.6. The van der Waals surface area contributed by atoms with Gasteiger partial charge in [0.05, 0.1) is 5.56 Å². The van der Waals surface area contributed by atoms with Crippen molar-refractivity contribution in [3.8, 4) is 0 Å². The lowest BCUT2D eigenvalue weighted by molar-refractivity contribution is 0.103. The number of rotatable bonds is 4. The highest BCUT2D eigenvalue weighted by molar-refractivity contribution is 6.09. The smallest absolute Gasteiger partial charge is 0.196 e. The summed E-state index contributed by atoms with van der Waals surface area (Å²) in [4.78, 5) is 12.4. The van der Waals surface area contributed by atoms with Crippen LogP contribution >= 0.6 is 0 Å². The van der Waals surface area contributed by atoms with Crippen LogP contribution in [0.25, 0.3) is 0 Å². The molecule has 2 N–H and O–H groups in total. The predicted octanol–water partition coefficient (Wildman–Crippen LogP) is 4.33. The van der Waals surface area contributed by atoms with E-state index in [0.717, 1.165) is 12.0 Å². The van der Waals surface area contributed by atoms with Gasteiger partial charge in [-0.05, 0) is 35.6 Å². The maximum atomic E-state index is 13.8. The number of benzene rings is 2. The minimum absolute atomic E-state index is 0.0116. The van der Waals surface area contributed by atoms with Gasteiger partial charge in [-0.1, -0.05) is 45.0 Å². The van der Waals surface area contributed by atoms with Gasteiger partial charge >= 0.3 is 0 Å². The molecule has 0 unspecified atom stereocenters. The molecule has 2 rings (SSSR count). The minimum Gasteiger partial charge on any atom is -0.399 e. The van der Waals surface area contributed by atoms with Crippen molar-refractivity contribution in [3.63, 3.8) is 0 Å². The van der Waals surface area contributed by atoms with E-state index in [1.807, 2.05) is 12.1 Å². The summed E-state index contributed by atoms with van der Waals surface area (Å²) in [5.74, 6) is -0.896. The molecule has 2 aromatic rings. The summed E-state index contributed by atoms with van der Waals surface area (Å²) in [5.41, 5.74) is 7.70. The summed E-state index contributed by atoms with van der Waals surface area (Å²) >= 11 is 0. The molecule has 110 valence electrons. The first-order chi connectivity index (χ1) is 9.85. The van der Waals surface area contributed by atoms with Gasteiger partial charge in [0, 0.05) is 11.3 Å². The van der Waals surface area contributed by atoms with Gasteiger partial charge in [0.1, 0.15) is 5.82 Å². The second kappa shape index (κ2) is 5.68. The van der Waals surface area contributed by atoms with Crippen LogP contribution in [0.4, 0.5) is 10.1 Å². The van der Waals surface area contributed by atoms with Gasteiger partial charge in [-0.15, -0.1) is 0 Å². The van der Waals surface area contributed by atoms with E-state index in [-0.39, 0.29) is 16.8 Å². The molecular weight excluding hydrogens is 265 g/mol. The predicted molar refractivity (Wildman–Crippen MR) is 84.0 cm³/mol. The normalized spacial score (nSPS) is 11.4. The van der Waals surface area contributed by atoms with E-state index in [1.165, 1.54) is 18.2 Å². The fourth-order valence-electron chi connectivity index (χ4n) is 2.15. The Bertz CT molecular complexity index is 659.